The summed E-state index contributed by atoms with van der Waals surface area (Å²) in [5, 5.41) is 0. The first-order valence-electron chi connectivity index (χ1n) is 8.04. The third-order valence-electron chi connectivity index (χ3n) is 3.33. The molecule has 2 aromatic carbocycles. The highest BCUT2D eigenvalue weighted by atomic mass is 16.5. The summed E-state index contributed by atoms with van der Waals surface area (Å²) in [6, 6.07) is 16.1. The van der Waals surface area contributed by atoms with Crippen molar-refractivity contribution in [2.75, 3.05) is 13.2 Å². The summed E-state index contributed by atoms with van der Waals surface area (Å²) >= 11 is 0. The molecule has 0 aromatic heterocycles. The molecular formula is C21H24O2. The average Bonchev–Trinajstić information content (AvgIpc) is 2.58. The smallest absolute Gasteiger partial charge is 0.126 e. The topological polar surface area (TPSA) is 18.5 Å². The Balaban J connectivity index is 1.81. The molecule has 2 aromatic rings. The highest BCUT2D eigenvalue weighted by molar-refractivity contribution is 5.57. The molecule has 0 saturated heterocycles. The van der Waals surface area contributed by atoms with Crippen molar-refractivity contribution in [2.24, 2.45) is 0 Å². The Morgan fingerprint density at radius 3 is 1.57 bits per heavy atom. The van der Waals surface area contributed by atoms with E-state index in [0.29, 0.717) is 13.2 Å². The molecule has 2 rings (SSSR count). The predicted octanol–water partition coefficient (Wildman–Crippen LogP) is 5.60. The lowest BCUT2D eigenvalue weighted by Gasteiger charge is -2.11. The minimum atomic E-state index is 0.639. The van der Waals surface area contributed by atoms with Gasteiger partial charge in [-0.3, -0.25) is 0 Å². The monoisotopic (exact) mass is 308 g/mol. The molecule has 0 bridgehead atoms. The Morgan fingerprint density at radius 2 is 1.13 bits per heavy atom. The Labute approximate surface area is 139 Å². The molecular weight excluding hydrogens is 284 g/mol. The van der Waals surface area contributed by atoms with Gasteiger partial charge in [0, 0.05) is 17.5 Å². The van der Waals surface area contributed by atoms with Gasteiger partial charge in [0.2, 0.25) is 0 Å². The van der Waals surface area contributed by atoms with E-state index in [2.05, 4.69) is 24.3 Å². The van der Waals surface area contributed by atoms with Gasteiger partial charge >= 0.3 is 0 Å². The van der Waals surface area contributed by atoms with Gasteiger partial charge in [-0.05, 0) is 26.0 Å². The van der Waals surface area contributed by atoms with Crippen molar-refractivity contribution in [1.82, 2.24) is 0 Å². The molecule has 0 aliphatic heterocycles. The van der Waals surface area contributed by atoms with Crippen LogP contribution in [0.5, 0.6) is 11.5 Å². The first-order valence-corrected chi connectivity index (χ1v) is 8.04. The van der Waals surface area contributed by atoms with Crippen molar-refractivity contribution in [3.05, 3.63) is 71.8 Å². The van der Waals surface area contributed by atoms with Crippen LogP contribution < -0.4 is 9.47 Å². The van der Waals surface area contributed by atoms with Gasteiger partial charge < -0.3 is 9.47 Å². The maximum absolute atomic E-state index is 5.86. The van der Waals surface area contributed by atoms with Crippen molar-refractivity contribution in [1.29, 1.82) is 0 Å². The molecule has 120 valence electrons. The van der Waals surface area contributed by atoms with Crippen LogP contribution in [0.2, 0.25) is 0 Å². The maximum atomic E-state index is 5.86. The average molecular weight is 308 g/mol. The Kier molecular flexibility index (Phi) is 6.99. The summed E-state index contributed by atoms with van der Waals surface area (Å²) in [5.74, 6) is 1.83. The van der Waals surface area contributed by atoms with Crippen LogP contribution in [0.1, 0.15) is 31.4 Å². The summed E-state index contributed by atoms with van der Waals surface area (Å²) in [6.07, 6.45) is 8.99. The highest BCUT2D eigenvalue weighted by Gasteiger charge is 2.01. The Bertz CT molecular complexity index is 599. The fourth-order valence-corrected chi connectivity index (χ4v) is 2.28. The second kappa shape index (κ2) is 9.52. The number of para-hydroxylation sites is 2. The molecule has 0 fully saturated rings. The first-order chi connectivity index (χ1) is 11.3. The van der Waals surface area contributed by atoms with Crippen molar-refractivity contribution in [2.45, 2.75) is 20.3 Å². The lowest BCUT2D eigenvalue weighted by molar-refractivity contribution is 0.247. The molecule has 0 saturated carbocycles. The fraction of sp³-hybridized carbons (Fsp3) is 0.238. The molecule has 0 N–H and O–H groups in total. The normalized spacial score (nSPS) is 11.2. The fourth-order valence-electron chi connectivity index (χ4n) is 2.28. The van der Waals surface area contributed by atoms with Crippen LogP contribution in [-0.2, 0) is 0 Å². The van der Waals surface area contributed by atoms with E-state index in [9.17, 15) is 0 Å². The molecule has 0 atom stereocenters. The van der Waals surface area contributed by atoms with E-state index in [1.807, 2.05) is 62.4 Å². The molecule has 2 nitrogen and oxygen atoms in total. The molecule has 23 heavy (non-hydrogen) atoms. The number of rotatable bonds is 8. The number of ether oxygens (including phenoxy) is 2. The lowest BCUT2D eigenvalue weighted by Crippen LogP contribution is -2.06. The van der Waals surface area contributed by atoms with Gasteiger partial charge in [0.15, 0.2) is 0 Å². The van der Waals surface area contributed by atoms with E-state index in [0.717, 1.165) is 29.0 Å². The van der Waals surface area contributed by atoms with Crippen molar-refractivity contribution in [3.8, 4) is 11.5 Å². The van der Waals surface area contributed by atoms with E-state index in [4.69, 9.17) is 9.47 Å². The molecule has 2 heteroatoms. The van der Waals surface area contributed by atoms with Gasteiger partial charge in [0.25, 0.3) is 0 Å². The van der Waals surface area contributed by atoms with Crippen LogP contribution >= 0.6 is 0 Å². The molecule has 0 aliphatic carbocycles. The van der Waals surface area contributed by atoms with E-state index >= 15 is 0 Å². The molecule has 0 spiro atoms. The van der Waals surface area contributed by atoms with Gasteiger partial charge in [-0.1, -0.05) is 60.7 Å². The third-order valence-corrected chi connectivity index (χ3v) is 3.33. The van der Waals surface area contributed by atoms with Crippen LogP contribution in [0.25, 0.3) is 12.2 Å². The standard InChI is InChI=1S/C21H24O2/c1-3-10-18-12-5-7-14-20(18)22-16-9-17-23-21-15-8-6-13-19(21)11-4-2/h3-8,10-15H,9,16-17H2,1-2H3/b10-3-,11-4-. The zero-order valence-corrected chi connectivity index (χ0v) is 13.9. The molecule has 0 unspecified atom stereocenters. The van der Waals surface area contributed by atoms with Crippen molar-refractivity contribution < 1.29 is 9.47 Å². The van der Waals surface area contributed by atoms with E-state index in [1.165, 1.54) is 0 Å². The van der Waals surface area contributed by atoms with Crippen LogP contribution in [0.15, 0.2) is 60.7 Å². The SMILES string of the molecule is C/C=C\c1ccccc1OCCCOc1ccccc1/C=C\C. The number of hydrogen-bond acceptors (Lipinski definition) is 2. The summed E-state index contributed by atoms with van der Waals surface area (Å²) < 4.78 is 11.7. The maximum Gasteiger partial charge on any atom is 0.126 e. The summed E-state index contributed by atoms with van der Waals surface area (Å²) in [7, 11) is 0. The largest absolute Gasteiger partial charge is 0.493 e. The minimum absolute atomic E-state index is 0.639. The van der Waals surface area contributed by atoms with Gasteiger partial charge in [0.1, 0.15) is 11.5 Å². The zero-order valence-electron chi connectivity index (χ0n) is 13.9. The summed E-state index contributed by atoms with van der Waals surface area (Å²) in [5.41, 5.74) is 2.21. The molecule has 0 heterocycles. The molecule has 0 radical (unpaired) electrons. The van der Waals surface area contributed by atoms with Gasteiger partial charge in [-0.15, -0.1) is 0 Å². The van der Waals surface area contributed by atoms with Gasteiger partial charge in [-0.2, -0.15) is 0 Å². The zero-order chi connectivity index (χ0) is 16.3. The van der Waals surface area contributed by atoms with E-state index in [1.54, 1.807) is 0 Å². The van der Waals surface area contributed by atoms with E-state index in [-0.39, 0.29) is 0 Å². The van der Waals surface area contributed by atoms with Crippen LogP contribution in [0, 0.1) is 0 Å². The lowest BCUT2D eigenvalue weighted by atomic mass is 10.2. The second-order valence-corrected chi connectivity index (χ2v) is 5.13. The highest BCUT2D eigenvalue weighted by Crippen LogP contribution is 2.21. The summed E-state index contributed by atoms with van der Waals surface area (Å²) in [4.78, 5) is 0. The second-order valence-electron chi connectivity index (χ2n) is 5.13. The minimum Gasteiger partial charge on any atom is -0.493 e. The van der Waals surface area contributed by atoms with Gasteiger partial charge in [0.05, 0.1) is 13.2 Å². The predicted molar refractivity (Wildman–Crippen MR) is 97.9 cm³/mol. The third kappa shape index (κ3) is 5.33. The van der Waals surface area contributed by atoms with Crippen molar-refractivity contribution >= 4 is 12.2 Å². The first kappa shape index (κ1) is 16.9. The number of hydrogen-bond donors (Lipinski definition) is 0. The van der Waals surface area contributed by atoms with E-state index < -0.39 is 0 Å². The van der Waals surface area contributed by atoms with Crippen LogP contribution in [-0.4, -0.2) is 13.2 Å². The van der Waals surface area contributed by atoms with Crippen molar-refractivity contribution in [3.63, 3.8) is 0 Å². The molecule has 0 amide bonds. The van der Waals surface area contributed by atoms with Gasteiger partial charge in [-0.25, -0.2) is 0 Å². The Morgan fingerprint density at radius 1 is 0.696 bits per heavy atom. The van der Waals surface area contributed by atoms with Crippen LogP contribution in [0.3, 0.4) is 0 Å². The Hall–Kier alpha value is -2.48. The summed E-state index contributed by atoms with van der Waals surface area (Å²) in [6.45, 7) is 5.29. The quantitative estimate of drug-likeness (QED) is 0.591. The number of benzene rings is 2. The molecule has 0 aliphatic rings. The van der Waals surface area contributed by atoms with Crippen LogP contribution in [0.4, 0.5) is 0 Å². The number of allylic oxidation sites excluding steroid dienone is 2.